The van der Waals surface area contributed by atoms with Gasteiger partial charge in [-0.05, 0) is 55.0 Å². The van der Waals surface area contributed by atoms with Crippen LogP contribution in [0.5, 0.6) is 11.5 Å². The summed E-state index contributed by atoms with van der Waals surface area (Å²) in [7, 11) is 3.25. The van der Waals surface area contributed by atoms with Crippen molar-refractivity contribution in [3.05, 3.63) is 42.2 Å². The number of hydrogen-bond donors (Lipinski definition) is 0. The third-order valence-electron chi connectivity index (χ3n) is 6.01. The second kappa shape index (κ2) is 13.2. The fourth-order valence-electron chi connectivity index (χ4n) is 4.07. The Morgan fingerprint density at radius 3 is 2.56 bits per heavy atom. The number of amides is 1. The molecule has 1 fully saturated rings. The Balaban J connectivity index is 1.45. The molecule has 1 aliphatic heterocycles. The third kappa shape index (κ3) is 6.88. The van der Waals surface area contributed by atoms with Crippen LogP contribution in [0.4, 0.5) is 9.52 Å². The molecule has 0 radical (unpaired) electrons. The van der Waals surface area contributed by atoms with Crippen LogP contribution in [0.3, 0.4) is 0 Å². The van der Waals surface area contributed by atoms with Gasteiger partial charge in [-0.15, -0.1) is 11.8 Å². The molecule has 36 heavy (non-hydrogen) atoms. The molecule has 7 nitrogen and oxygen atoms in total. The number of morpholine rings is 1. The minimum atomic E-state index is -0.244. The quantitative estimate of drug-likeness (QED) is 0.238. The lowest BCUT2D eigenvalue weighted by Gasteiger charge is -2.27. The SMILES string of the molecule is COc1ccc(OC)c2sc(N(CCCN3CCOCC3)C(=O)CCCSc3ccc(F)cc3)nc12. The highest BCUT2D eigenvalue weighted by Crippen LogP contribution is 2.40. The number of carbonyl (C=O) groups excluding carboxylic acids is 1. The lowest BCUT2D eigenvalue weighted by Crippen LogP contribution is -2.39. The number of carbonyl (C=O) groups is 1. The lowest BCUT2D eigenvalue weighted by molar-refractivity contribution is -0.118. The number of thiazole rings is 1. The monoisotopic (exact) mass is 533 g/mol. The van der Waals surface area contributed by atoms with Gasteiger partial charge in [0, 0.05) is 37.5 Å². The van der Waals surface area contributed by atoms with E-state index in [9.17, 15) is 9.18 Å². The number of aromatic nitrogens is 1. The van der Waals surface area contributed by atoms with Crippen molar-refractivity contribution >= 4 is 44.4 Å². The average molecular weight is 534 g/mol. The van der Waals surface area contributed by atoms with Crippen LogP contribution in [0.2, 0.25) is 0 Å². The normalized spacial score (nSPS) is 14.2. The first-order chi connectivity index (χ1) is 17.6. The van der Waals surface area contributed by atoms with Crippen LogP contribution in [0.1, 0.15) is 19.3 Å². The van der Waals surface area contributed by atoms with E-state index in [0.717, 1.165) is 61.0 Å². The number of halogens is 1. The largest absolute Gasteiger partial charge is 0.495 e. The topological polar surface area (TPSA) is 64.1 Å². The summed E-state index contributed by atoms with van der Waals surface area (Å²) < 4.78 is 30.5. The number of benzene rings is 2. The summed E-state index contributed by atoms with van der Waals surface area (Å²) >= 11 is 3.08. The van der Waals surface area contributed by atoms with Crippen LogP contribution in [-0.2, 0) is 9.53 Å². The number of rotatable bonds is 12. The Labute approximate surface area is 219 Å². The van der Waals surface area contributed by atoms with Gasteiger partial charge in [0.25, 0.3) is 0 Å². The van der Waals surface area contributed by atoms with Gasteiger partial charge in [-0.2, -0.15) is 0 Å². The highest BCUT2D eigenvalue weighted by Gasteiger charge is 2.23. The zero-order valence-corrected chi connectivity index (χ0v) is 22.3. The van der Waals surface area contributed by atoms with E-state index >= 15 is 0 Å². The van der Waals surface area contributed by atoms with Gasteiger partial charge in [0.1, 0.15) is 27.5 Å². The number of fused-ring (bicyclic) bond motifs is 1. The van der Waals surface area contributed by atoms with Gasteiger partial charge in [0.2, 0.25) is 5.91 Å². The summed E-state index contributed by atoms with van der Waals surface area (Å²) in [6, 6.07) is 10.1. The summed E-state index contributed by atoms with van der Waals surface area (Å²) in [4.78, 5) is 23.4. The molecule has 1 amide bonds. The standard InChI is InChI=1S/C26H32FN3O4S2/c1-32-21-10-11-22(33-2)25-24(21)28-26(36-25)30(13-4-12-29-14-16-34-17-15-29)23(31)5-3-18-35-20-8-6-19(27)7-9-20/h6-11H,3-5,12-18H2,1-2H3. The van der Waals surface area contributed by atoms with Crippen LogP contribution in [0.25, 0.3) is 10.2 Å². The predicted molar refractivity (Wildman–Crippen MR) is 143 cm³/mol. The second-order valence-electron chi connectivity index (χ2n) is 8.40. The van der Waals surface area contributed by atoms with Crippen molar-refractivity contribution in [2.45, 2.75) is 24.2 Å². The van der Waals surface area contributed by atoms with E-state index < -0.39 is 0 Å². The van der Waals surface area contributed by atoms with E-state index in [1.54, 1.807) is 38.1 Å². The summed E-state index contributed by atoms with van der Waals surface area (Å²) in [5.41, 5.74) is 0.703. The Hall–Kier alpha value is -2.40. The van der Waals surface area contributed by atoms with Crippen molar-refractivity contribution in [1.82, 2.24) is 9.88 Å². The fraction of sp³-hybridized carbons (Fsp3) is 0.462. The van der Waals surface area contributed by atoms with Crippen LogP contribution >= 0.6 is 23.1 Å². The summed E-state index contributed by atoms with van der Waals surface area (Å²) in [5, 5.41) is 0.658. The molecule has 0 saturated carbocycles. The molecular weight excluding hydrogens is 501 g/mol. The molecule has 0 bridgehead atoms. The van der Waals surface area contributed by atoms with Gasteiger partial charge in [-0.1, -0.05) is 11.3 Å². The highest BCUT2D eigenvalue weighted by molar-refractivity contribution is 7.99. The van der Waals surface area contributed by atoms with E-state index in [2.05, 4.69) is 4.90 Å². The molecule has 4 rings (SSSR count). The average Bonchev–Trinajstić information content (AvgIpc) is 3.35. The van der Waals surface area contributed by atoms with Crippen molar-refractivity contribution in [2.24, 2.45) is 0 Å². The number of thioether (sulfide) groups is 1. The number of nitrogens with zero attached hydrogens (tertiary/aromatic N) is 3. The van der Waals surface area contributed by atoms with Crippen molar-refractivity contribution in [3.63, 3.8) is 0 Å². The number of ether oxygens (including phenoxy) is 3. The molecule has 10 heteroatoms. The first-order valence-corrected chi connectivity index (χ1v) is 13.9. The molecule has 1 saturated heterocycles. The maximum Gasteiger partial charge on any atom is 0.228 e. The minimum Gasteiger partial charge on any atom is -0.495 e. The highest BCUT2D eigenvalue weighted by atomic mass is 32.2. The third-order valence-corrected chi connectivity index (χ3v) is 8.20. The van der Waals surface area contributed by atoms with Gasteiger partial charge in [0.15, 0.2) is 5.13 Å². The molecule has 0 unspecified atom stereocenters. The van der Waals surface area contributed by atoms with Gasteiger partial charge < -0.3 is 14.2 Å². The van der Waals surface area contributed by atoms with Crippen LogP contribution in [-0.4, -0.2) is 75.2 Å². The smallest absolute Gasteiger partial charge is 0.228 e. The second-order valence-corrected chi connectivity index (χ2v) is 10.5. The molecule has 0 atom stereocenters. The maximum atomic E-state index is 13.4. The summed E-state index contributed by atoms with van der Waals surface area (Å²) in [6.07, 6.45) is 1.98. The van der Waals surface area contributed by atoms with Crippen molar-refractivity contribution < 1.29 is 23.4 Å². The maximum absolute atomic E-state index is 13.4. The lowest BCUT2D eigenvalue weighted by atomic mass is 10.2. The van der Waals surface area contributed by atoms with Crippen LogP contribution < -0.4 is 14.4 Å². The Morgan fingerprint density at radius 2 is 1.83 bits per heavy atom. The zero-order valence-electron chi connectivity index (χ0n) is 20.7. The number of anilines is 1. The molecule has 0 aliphatic carbocycles. The first kappa shape index (κ1) is 26.7. The Bertz CT molecular complexity index is 1100. The number of methoxy groups -OCH3 is 2. The van der Waals surface area contributed by atoms with Gasteiger partial charge >= 0.3 is 0 Å². The van der Waals surface area contributed by atoms with Gasteiger partial charge in [0.05, 0.1) is 27.4 Å². The molecule has 3 aromatic rings. The Kier molecular flexibility index (Phi) is 9.80. The van der Waals surface area contributed by atoms with E-state index in [0.29, 0.717) is 35.1 Å². The van der Waals surface area contributed by atoms with Gasteiger partial charge in [-0.3, -0.25) is 14.6 Å². The summed E-state index contributed by atoms with van der Waals surface area (Å²) in [6.45, 7) is 4.85. The van der Waals surface area contributed by atoms with E-state index in [-0.39, 0.29) is 11.7 Å². The van der Waals surface area contributed by atoms with Crippen molar-refractivity contribution in [3.8, 4) is 11.5 Å². The summed E-state index contributed by atoms with van der Waals surface area (Å²) in [5.74, 6) is 1.95. The zero-order chi connectivity index (χ0) is 25.3. The minimum absolute atomic E-state index is 0.0497. The molecule has 2 heterocycles. The molecule has 1 aromatic heterocycles. The molecule has 2 aromatic carbocycles. The van der Waals surface area contributed by atoms with Crippen LogP contribution in [0, 0.1) is 5.82 Å². The van der Waals surface area contributed by atoms with E-state index in [1.807, 2.05) is 17.0 Å². The van der Waals surface area contributed by atoms with Crippen molar-refractivity contribution in [1.29, 1.82) is 0 Å². The fourth-order valence-corrected chi connectivity index (χ4v) is 6.04. The number of hydrogen-bond acceptors (Lipinski definition) is 8. The first-order valence-electron chi connectivity index (χ1n) is 12.1. The predicted octanol–water partition coefficient (Wildman–Crippen LogP) is 5.08. The molecular formula is C26H32FN3O4S2. The van der Waals surface area contributed by atoms with Crippen LogP contribution in [0.15, 0.2) is 41.3 Å². The van der Waals surface area contributed by atoms with E-state index in [1.165, 1.54) is 23.5 Å². The molecule has 194 valence electrons. The van der Waals surface area contributed by atoms with Gasteiger partial charge in [-0.25, -0.2) is 9.37 Å². The van der Waals surface area contributed by atoms with E-state index in [4.69, 9.17) is 19.2 Å². The Morgan fingerprint density at radius 1 is 1.11 bits per heavy atom. The molecule has 1 aliphatic rings. The molecule has 0 N–H and O–H groups in total. The molecule has 0 spiro atoms. The van der Waals surface area contributed by atoms with Crippen molar-refractivity contribution in [2.75, 3.05) is 64.3 Å².